The second-order valence-electron chi connectivity index (χ2n) is 5.04. The van der Waals surface area contributed by atoms with Crippen molar-refractivity contribution in [2.45, 2.75) is 24.8 Å². The van der Waals surface area contributed by atoms with Crippen molar-refractivity contribution < 1.29 is 0 Å². The predicted molar refractivity (Wildman–Crippen MR) is 75.9 cm³/mol. The van der Waals surface area contributed by atoms with E-state index in [4.69, 9.17) is 11.5 Å². The van der Waals surface area contributed by atoms with E-state index in [1.807, 2.05) is 11.8 Å². The van der Waals surface area contributed by atoms with Crippen molar-refractivity contribution in [1.29, 1.82) is 0 Å². The monoisotopic (exact) mass is 265 g/mol. The van der Waals surface area contributed by atoms with E-state index < -0.39 is 0 Å². The zero-order valence-corrected chi connectivity index (χ0v) is 11.2. The van der Waals surface area contributed by atoms with E-state index in [2.05, 4.69) is 20.9 Å². The molecule has 1 saturated heterocycles. The van der Waals surface area contributed by atoms with Crippen LogP contribution in [0.5, 0.6) is 0 Å². The van der Waals surface area contributed by atoms with E-state index in [0.717, 1.165) is 48.9 Å². The van der Waals surface area contributed by atoms with Gasteiger partial charge < -0.3 is 16.4 Å². The first-order chi connectivity index (χ1) is 8.72. The quantitative estimate of drug-likeness (QED) is 0.824. The second-order valence-corrected chi connectivity index (χ2v) is 6.26. The zero-order chi connectivity index (χ0) is 12.5. The average molecular weight is 265 g/mol. The van der Waals surface area contributed by atoms with Crippen LogP contribution < -0.4 is 16.4 Å². The Hall–Kier alpha value is -1.01. The Labute approximate surface area is 111 Å². The van der Waals surface area contributed by atoms with Gasteiger partial charge in [-0.3, -0.25) is 0 Å². The number of thioether (sulfide) groups is 1. The first-order valence-corrected chi connectivity index (χ1v) is 7.60. The number of nitrogen functional groups attached to an aromatic ring is 1. The van der Waals surface area contributed by atoms with Crippen molar-refractivity contribution in [2.75, 3.05) is 35.2 Å². The third-order valence-corrected chi connectivity index (χ3v) is 4.62. The highest BCUT2D eigenvalue weighted by molar-refractivity contribution is 7.99. The molecular formula is C12H19N5S. The molecule has 0 bridgehead atoms. The Morgan fingerprint density at radius 3 is 2.61 bits per heavy atom. The molecule has 18 heavy (non-hydrogen) atoms. The molecule has 1 aliphatic carbocycles. The van der Waals surface area contributed by atoms with Crippen molar-refractivity contribution in [3.63, 3.8) is 0 Å². The lowest BCUT2D eigenvalue weighted by Gasteiger charge is -2.33. The Morgan fingerprint density at radius 1 is 1.22 bits per heavy atom. The molecule has 1 saturated carbocycles. The lowest BCUT2D eigenvalue weighted by molar-refractivity contribution is 0.345. The van der Waals surface area contributed by atoms with Gasteiger partial charge in [-0.25, -0.2) is 4.98 Å². The minimum atomic E-state index is 0.334. The van der Waals surface area contributed by atoms with Gasteiger partial charge in [0, 0.05) is 42.6 Å². The van der Waals surface area contributed by atoms with Crippen molar-refractivity contribution >= 4 is 23.5 Å². The number of anilines is 2. The summed E-state index contributed by atoms with van der Waals surface area (Å²) in [7, 11) is 0. The summed E-state index contributed by atoms with van der Waals surface area (Å²) in [6, 6.07) is 2.43. The summed E-state index contributed by atoms with van der Waals surface area (Å²) >= 11 is 1.99. The SMILES string of the molecule is Nc1nc(C2CC(N)C2)cc(N2CCSCC2)n1. The molecule has 2 heterocycles. The maximum absolute atomic E-state index is 5.84. The van der Waals surface area contributed by atoms with Gasteiger partial charge in [-0.15, -0.1) is 0 Å². The van der Waals surface area contributed by atoms with Crippen LogP contribution in [0.3, 0.4) is 0 Å². The summed E-state index contributed by atoms with van der Waals surface area (Å²) in [5.74, 6) is 4.17. The fourth-order valence-electron chi connectivity index (χ4n) is 2.54. The van der Waals surface area contributed by atoms with E-state index >= 15 is 0 Å². The van der Waals surface area contributed by atoms with Gasteiger partial charge in [0.15, 0.2) is 0 Å². The van der Waals surface area contributed by atoms with E-state index in [-0.39, 0.29) is 0 Å². The molecule has 0 radical (unpaired) electrons. The van der Waals surface area contributed by atoms with Crippen LogP contribution in [0.25, 0.3) is 0 Å². The first-order valence-electron chi connectivity index (χ1n) is 6.45. The molecule has 1 aromatic heterocycles. The molecule has 2 aliphatic rings. The number of nitrogens with two attached hydrogens (primary N) is 2. The minimum absolute atomic E-state index is 0.334. The number of hydrogen-bond donors (Lipinski definition) is 2. The van der Waals surface area contributed by atoms with Gasteiger partial charge in [-0.1, -0.05) is 0 Å². The van der Waals surface area contributed by atoms with Crippen molar-refractivity contribution in [3.05, 3.63) is 11.8 Å². The highest BCUT2D eigenvalue weighted by Crippen LogP contribution is 2.36. The van der Waals surface area contributed by atoms with Crippen LogP contribution in [0.4, 0.5) is 11.8 Å². The molecule has 4 N–H and O–H groups in total. The van der Waals surface area contributed by atoms with Crippen LogP contribution in [0.1, 0.15) is 24.5 Å². The van der Waals surface area contributed by atoms with Crippen molar-refractivity contribution in [1.82, 2.24) is 9.97 Å². The predicted octanol–water partition coefficient (Wildman–Crippen LogP) is 0.817. The largest absolute Gasteiger partial charge is 0.368 e. The van der Waals surface area contributed by atoms with Gasteiger partial charge >= 0.3 is 0 Å². The zero-order valence-electron chi connectivity index (χ0n) is 10.4. The third-order valence-electron chi connectivity index (χ3n) is 3.68. The fourth-order valence-corrected chi connectivity index (χ4v) is 3.44. The summed E-state index contributed by atoms with van der Waals surface area (Å²) < 4.78 is 0. The molecule has 1 aromatic rings. The molecule has 3 rings (SSSR count). The lowest BCUT2D eigenvalue weighted by atomic mass is 9.78. The Bertz CT molecular complexity index is 426. The highest BCUT2D eigenvalue weighted by Gasteiger charge is 2.29. The second kappa shape index (κ2) is 4.93. The van der Waals surface area contributed by atoms with Gasteiger partial charge in [-0.05, 0) is 12.8 Å². The summed E-state index contributed by atoms with van der Waals surface area (Å²) in [4.78, 5) is 11.0. The Kier molecular flexibility index (Phi) is 3.30. The normalized spacial score (nSPS) is 27.9. The van der Waals surface area contributed by atoms with Gasteiger partial charge in [0.25, 0.3) is 0 Å². The number of aromatic nitrogens is 2. The number of hydrogen-bond acceptors (Lipinski definition) is 6. The van der Waals surface area contributed by atoms with Crippen LogP contribution in [0.2, 0.25) is 0 Å². The lowest BCUT2D eigenvalue weighted by Crippen LogP contribution is -2.36. The third kappa shape index (κ3) is 2.40. The van der Waals surface area contributed by atoms with E-state index in [0.29, 0.717) is 17.9 Å². The van der Waals surface area contributed by atoms with Crippen LogP contribution in [0.15, 0.2) is 6.07 Å². The van der Waals surface area contributed by atoms with Gasteiger partial charge in [0.1, 0.15) is 5.82 Å². The summed E-state index contributed by atoms with van der Waals surface area (Å²) in [6.45, 7) is 2.09. The maximum atomic E-state index is 5.84. The van der Waals surface area contributed by atoms with Crippen LogP contribution in [-0.2, 0) is 0 Å². The minimum Gasteiger partial charge on any atom is -0.368 e. The maximum Gasteiger partial charge on any atom is 0.222 e. The number of rotatable bonds is 2. The molecule has 0 aromatic carbocycles. The molecule has 0 spiro atoms. The molecule has 98 valence electrons. The Morgan fingerprint density at radius 2 is 1.94 bits per heavy atom. The van der Waals surface area contributed by atoms with Crippen molar-refractivity contribution in [3.8, 4) is 0 Å². The Balaban J connectivity index is 1.81. The molecule has 2 fully saturated rings. The summed E-state index contributed by atoms with van der Waals surface area (Å²) in [6.07, 6.45) is 2.04. The molecule has 6 heteroatoms. The summed E-state index contributed by atoms with van der Waals surface area (Å²) in [5, 5.41) is 0. The van der Waals surface area contributed by atoms with Crippen LogP contribution in [-0.4, -0.2) is 40.6 Å². The van der Waals surface area contributed by atoms with E-state index in [1.54, 1.807) is 0 Å². The van der Waals surface area contributed by atoms with E-state index in [9.17, 15) is 0 Å². The topological polar surface area (TPSA) is 81.1 Å². The first kappa shape index (κ1) is 12.0. The molecule has 0 amide bonds. The average Bonchev–Trinajstić information content (AvgIpc) is 2.35. The van der Waals surface area contributed by atoms with Crippen LogP contribution >= 0.6 is 11.8 Å². The van der Waals surface area contributed by atoms with Crippen molar-refractivity contribution in [2.24, 2.45) is 5.73 Å². The number of nitrogens with zero attached hydrogens (tertiary/aromatic N) is 3. The molecule has 0 unspecified atom stereocenters. The van der Waals surface area contributed by atoms with Gasteiger partial charge in [0.05, 0.1) is 5.69 Å². The molecule has 0 atom stereocenters. The fraction of sp³-hybridized carbons (Fsp3) is 0.667. The van der Waals surface area contributed by atoms with Gasteiger partial charge in [-0.2, -0.15) is 16.7 Å². The smallest absolute Gasteiger partial charge is 0.222 e. The molecule has 1 aliphatic heterocycles. The standard InChI is InChI=1S/C12H19N5S/c13-9-5-8(6-9)10-7-11(16-12(14)15-10)17-1-3-18-4-2-17/h7-9H,1-6,13H2,(H2,14,15,16). The molecular weight excluding hydrogens is 246 g/mol. The van der Waals surface area contributed by atoms with Crippen LogP contribution in [0, 0.1) is 0 Å². The summed E-state index contributed by atoms with van der Waals surface area (Å²) in [5.41, 5.74) is 12.7. The van der Waals surface area contributed by atoms with Gasteiger partial charge in [0.2, 0.25) is 5.95 Å². The highest BCUT2D eigenvalue weighted by atomic mass is 32.2. The molecule has 5 nitrogen and oxygen atoms in total. The van der Waals surface area contributed by atoms with E-state index in [1.165, 1.54) is 0 Å².